The van der Waals surface area contributed by atoms with E-state index in [1.165, 1.54) is 16.5 Å². The molecular weight excluding hydrogens is 365 g/mol. The zero-order chi connectivity index (χ0) is 19.8. The standard InChI is InChI=1S/C20H18FN3O4/c21-16-7-6-14(10-18(16)24(27)28)23-11-13(9-19(23)25)20(26)22-17-8-5-12-3-1-2-4-15(12)17/h1-4,6-7,10,13,17H,5,8-9,11H2,(H,22,26). The summed E-state index contributed by atoms with van der Waals surface area (Å²) in [6.45, 7) is 0.113. The maximum Gasteiger partial charge on any atom is 0.306 e. The Bertz CT molecular complexity index is 978. The SMILES string of the molecule is O=C(NC1CCc2ccccc21)C1CC(=O)N(c2ccc(F)c([N+](=O)[O-])c2)C1. The van der Waals surface area contributed by atoms with Gasteiger partial charge in [-0.3, -0.25) is 19.7 Å². The molecule has 2 unspecified atom stereocenters. The molecule has 28 heavy (non-hydrogen) atoms. The van der Waals surface area contributed by atoms with Gasteiger partial charge in [0.15, 0.2) is 0 Å². The number of hydrogen-bond donors (Lipinski definition) is 1. The van der Waals surface area contributed by atoms with Crippen LogP contribution in [0.15, 0.2) is 42.5 Å². The third-order valence-electron chi connectivity index (χ3n) is 5.38. The van der Waals surface area contributed by atoms with E-state index in [1.54, 1.807) is 0 Å². The van der Waals surface area contributed by atoms with E-state index in [-0.39, 0.29) is 36.5 Å². The van der Waals surface area contributed by atoms with E-state index in [4.69, 9.17) is 0 Å². The van der Waals surface area contributed by atoms with Gasteiger partial charge in [-0.15, -0.1) is 0 Å². The monoisotopic (exact) mass is 383 g/mol. The maximum absolute atomic E-state index is 13.5. The van der Waals surface area contributed by atoms with Crippen LogP contribution in [0.2, 0.25) is 0 Å². The van der Waals surface area contributed by atoms with Gasteiger partial charge in [0, 0.05) is 19.0 Å². The number of anilines is 1. The van der Waals surface area contributed by atoms with Gasteiger partial charge in [0.25, 0.3) is 0 Å². The lowest BCUT2D eigenvalue weighted by molar-refractivity contribution is -0.387. The van der Waals surface area contributed by atoms with Crippen molar-refractivity contribution in [1.29, 1.82) is 0 Å². The van der Waals surface area contributed by atoms with Gasteiger partial charge < -0.3 is 10.2 Å². The maximum atomic E-state index is 13.5. The van der Waals surface area contributed by atoms with Crippen LogP contribution in [-0.2, 0) is 16.0 Å². The van der Waals surface area contributed by atoms with Gasteiger partial charge in [-0.25, -0.2) is 0 Å². The molecule has 0 aromatic heterocycles. The van der Waals surface area contributed by atoms with Crippen molar-refractivity contribution in [3.05, 3.63) is 69.5 Å². The lowest BCUT2D eigenvalue weighted by atomic mass is 10.1. The molecule has 0 saturated carbocycles. The Morgan fingerprint density at radius 3 is 2.82 bits per heavy atom. The molecule has 1 saturated heterocycles. The first-order valence-electron chi connectivity index (χ1n) is 9.06. The molecule has 2 atom stereocenters. The van der Waals surface area contributed by atoms with E-state index in [9.17, 15) is 24.1 Å². The first-order chi connectivity index (χ1) is 13.4. The molecule has 1 aliphatic heterocycles. The van der Waals surface area contributed by atoms with Crippen molar-refractivity contribution in [1.82, 2.24) is 5.32 Å². The van der Waals surface area contributed by atoms with E-state index < -0.39 is 22.3 Å². The second-order valence-electron chi connectivity index (χ2n) is 7.10. The highest BCUT2D eigenvalue weighted by Crippen LogP contribution is 2.33. The zero-order valence-corrected chi connectivity index (χ0v) is 14.9. The summed E-state index contributed by atoms with van der Waals surface area (Å²) in [5, 5.41) is 14.0. The van der Waals surface area contributed by atoms with E-state index >= 15 is 0 Å². The summed E-state index contributed by atoms with van der Waals surface area (Å²) in [4.78, 5) is 36.5. The molecule has 1 N–H and O–H groups in total. The summed E-state index contributed by atoms with van der Waals surface area (Å²) in [6, 6.07) is 11.2. The van der Waals surface area contributed by atoms with Crippen LogP contribution in [0.4, 0.5) is 15.8 Å². The third kappa shape index (κ3) is 3.21. The fourth-order valence-corrected chi connectivity index (χ4v) is 3.94. The van der Waals surface area contributed by atoms with Gasteiger partial charge in [-0.2, -0.15) is 4.39 Å². The first-order valence-corrected chi connectivity index (χ1v) is 9.06. The first kappa shape index (κ1) is 18.1. The number of carbonyl (C=O) groups excluding carboxylic acids is 2. The Hall–Kier alpha value is -3.29. The van der Waals surface area contributed by atoms with Crippen LogP contribution < -0.4 is 10.2 Å². The molecular formula is C20H18FN3O4. The molecule has 1 fully saturated rings. The largest absolute Gasteiger partial charge is 0.349 e. The van der Waals surface area contributed by atoms with E-state index in [0.717, 1.165) is 30.5 Å². The van der Waals surface area contributed by atoms with Gasteiger partial charge in [0.1, 0.15) is 0 Å². The summed E-state index contributed by atoms with van der Waals surface area (Å²) in [7, 11) is 0. The second kappa shape index (κ2) is 7.03. The average molecular weight is 383 g/mol. The Morgan fingerprint density at radius 1 is 1.25 bits per heavy atom. The number of nitrogens with zero attached hydrogens (tertiary/aromatic N) is 2. The fourth-order valence-electron chi connectivity index (χ4n) is 3.94. The van der Waals surface area contributed by atoms with Gasteiger partial charge in [0.2, 0.25) is 17.6 Å². The minimum absolute atomic E-state index is 0.0192. The van der Waals surface area contributed by atoms with Crippen molar-refractivity contribution < 1.29 is 18.9 Å². The van der Waals surface area contributed by atoms with Crippen LogP contribution in [0.25, 0.3) is 0 Å². The van der Waals surface area contributed by atoms with Crippen molar-refractivity contribution in [3.8, 4) is 0 Å². The Balaban J connectivity index is 1.47. The number of halogens is 1. The number of benzene rings is 2. The van der Waals surface area contributed by atoms with Crippen molar-refractivity contribution in [2.24, 2.45) is 5.92 Å². The molecule has 1 aliphatic carbocycles. The molecule has 144 valence electrons. The van der Waals surface area contributed by atoms with Gasteiger partial charge in [0.05, 0.1) is 22.6 Å². The highest BCUT2D eigenvalue weighted by molar-refractivity contribution is 6.00. The molecule has 8 heteroatoms. The number of nitro benzene ring substituents is 1. The van der Waals surface area contributed by atoms with Crippen LogP contribution in [0.3, 0.4) is 0 Å². The Labute approximate surface area is 160 Å². The number of amides is 2. The van der Waals surface area contributed by atoms with Gasteiger partial charge in [-0.1, -0.05) is 24.3 Å². The number of nitro groups is 1. The third-order valence-corrected chi connectivity index (χ3v) is 5.38. The van der Waals surface area contributed by atoms with Gasteiger partial charge in [-0.05, 0) is 36.1 Å². The summed E-state index contributed by atoms with van der Waals surface area (Å²) >= 11 is 0. The molecule has 2 aromatic rings. The van der Waals surface area contributed by atoms with E-state index in [1.807, 2.05) is 24.3 Å². The molecule has 2 amide bonds. The van der Waals surface area contributed by atoms with Crippen LogP contribution >= 0.6 is 0 Å². The molecule has 7 nitrogen and oxygen atoms in total. The second-order valence-corrected chi connectivity index (χ2v) is 7.10. The quantitative estimate of drug-likeness (QED) is 0.649. The number of carbonyl (C=O) groups is 2. The van der Waals surface area contributed by atoms with Crippen molar-refractivity contribution in [3.63, 3.8) is 0 Å². The predicted octanol–water partition coefficient (Wildman–Crippen LogP) is 2.89. The molecule has 2 aromatic carbocycles. The highest BCUT2D eigenvalue weighted by atomic mass is 19.1. The summed E-state index contributed by atoms with van der Waals surface area (Å²) in [6.07, 6.45) is 1.74. The molecule has 4 rings (SSSR count). The summed E-state index contributed by atoms with van der Waals surface area (Å²) in [5.41, 5.74) is 1.85. The minimum Gasteiger partial charge on any atom is -0.349 e. The number of rotatable bonds is 4. The molecule has 0 spiro atoms. The number of nitrogens with one attached hydrogen (secondary N) is 1. The summed E-state index contributed by atoms with van der Waals surface area (Å²) in [5.74, 6) is -2.04. The van der Waals surface area contributed by atoms with Crippen LogP contribution in [0.1, 0.15) is 30.0 Å². The minimum atomic E-state index is -0.963. The average Bonchev–Trinajstić information content (AvgIpc) is 3.26. The van der Waals surface area contributed by atoms with E-state index in [0.29, 0.717) is 0 Å². The Morgan fingerprint density at radius 2 is 2.04 bits per heavy atom. The van der Waals surface area contributed by atoms with E-state index in [2.05, 4.69) is 5.32 Å². The highest BCUT2D eigenvalue weighted by Gasteiger charge is 2.37. The zero-order valence-electron chi connectivity index (χ0n) is 14.9. The number of hydrogen-bond acceptors (Lipinski definition) is 4. The van der Waals surface area contributed by atoms with Crippen LogP contribution in [-0.4, -0.2) is 23.3 Å². The lowest BCUT2D eigenvalue weighted by Crippen LogP contribution is -2.34. The number of fused-ring (bicyclic) bond motifs is 1. The topological polar surface area (TPSA) is 92.6 Å². The summed E-state index contributed by atoms with van der Waals surface area (Å²) < 4.78 is 13.5. The Kier molecular flexibility index (Phi) is 4.54. The van der Waals surface area contributed by atoms with Crippen molar-refractivity contribution in [2.45, 2.75) is 25.3 Å². The van der Waals surface area contributed by atoms with Crippen molar-refractivity contribution >= 4 is 23.2 Å². The molecule has 1 heterocycles. The molecule has 0 radical (unpaired) electrons. The smallest absolute Gasteiger partial charge is 0.306 e. The fraction of sp³-hybridized carbons (Fsp3) is 0.300. The lowest BCUT2D eigenvalue weighted by Gasteiger charge is -2.19. The predicted molar refractivity (Wildman–Crippen MR) is 99.2 cm³/mol. The molecule has 2 aliphatic rings. The van der Waals surface area contributed by atoms with Gasteiger partial charge >= 0.3 is 5.69 Å². The normalized spacial score (nSPS) is 20.9. The van der Waals surface area contributed by atoms with Crippen LogP contribution in [0, 0.1) is 21.8 Å². The molecule has 0 bridgehead atoms. The number of aryl methyl sites for hydroxylation is 1. The van der Waals surface area contributed by atoms with Crippen LogP contribution in [0.5, 0.6) is 0 Å². The van der Waals surface area contributed by atoms with Crippen molar-refractivity contribution in [2.75, 3.05) is 11.4 Å².